The van der Waals surface area contributed by atoms with Gasteiger partial charge in [-0.25, -0.2) is 9.78 Å². The van der Waals surface area contributed by atoms with Crippen LogP contribution in [-0.2, 0) is 9.59 Å². The van der Waals surface area contributed by atoms with Gasteiger partial charge in [0.1, 0.15) is 11.6 Å². The molecular weight excluding hydrogens is 677 g/mol. The van der Waals surface area contributed by atoms with Crippen LogP contribution in [0.5, 0.6) is 5.75 Å². The quantitative estimate of drug-likeness (QED) is 0.214. The number of hydrogen-bond acceptors (Lipinski definition) is 7. The summed E-state index contributed by atoms with van der Waals surface area (Å²) in [6.07, 6.45) is -1.50. The van der Waals surface area contributed by atoms with Crippen LogP contribution in [0.2, 0.25) is 0 Å². The zero-order chi connectivity index (χ0) is 36.6. The van der Waals surface area contributed by atoms with E-state index in [0.29, 0.717) is 61.6 Å². The summed E-state index contributed by atoms with van der Waals surface area (Å²) >= 11 is 0. The Hall–Kier alpha value is -4.89. The van der Waals surface area contributed by atoms with Gasteiger partial charge in [-0.1, -0.05) is 25.1 Å². The third kappa shape index (κ3) is 7.51. The molecule has 2 atom stereocenters. The Bertz CT molecular complexity index is 1950. The van der Waals surface area contributed by atoms with E-state index in [1.54, 1.807) is 35.0 Å². The number of piperidine rings is 1. The Labute approximate surface area is 299 Å². The number of imidazole rings is 1. The molecule has 3 N–H and O–H groups in total. The zero-order valence-electron chi connectivity index (χ0n) is 29.2. The maximum absolute atomic E-state index is 13.7. The molecule has 0 spiro atoms. The predicted octanol–water partition coefficient (Wildman–Crippen LogP) is 5.18. The highest BCUT2D eigenvalue weighted by atomic mass is 19.4. The second-order valence-electron chi connectivity index (χ2n) is 14.0. The second-order valence-corrected chi connectivity index (χ2v) is 14.0. The van der Waals surface area contributed by atoms with Crippen molar-refractivity contribution >= 4 is 45.8 Å². The van der Waals surface area contributed by atoms with Crippen LogP contribution in [0.4, 0.5) is 23.7 Å². The zero-order valence-corrected chi connectivity index (χ0v) is 29.2. The standard InChI is InChI=1S/C37H43F3N8O4/c1-23-17-31(48(21-23)33(50)20-41-2)35-43-30-8-4-25-18-24(3-6-29(25)34(30)44-35)28-7-5-26(19-32(28)52-37(38,39)40)42-36(51)47-15-13-46(14-16-47)27-9-11-45(22-49)12-10-27/h3-8,18-19,22-23,27,31,41H,9-17,20-21H2,1-2H3,(H,42,51)(H,43,44). The lowest BCUT2D eigenvalue weighted by atomic mass is 9.99. The molecule has 3 aliphatic heterocycles. The van der Waals surface area contributed by atoms with Gasteiger partial charge in [0.15, 0.2) is 0 Å². The lowest BCUT2D eigenvalue weighted by Gasteiger charge is -2.42. The maximum Gasteiger partial charge on any atom is 0.573 e. The summed E-state index contributed by atoms with van der Waals surface area (Å²) in [6, 6.07) is 13.2. The molecule has 0 radical (unpaired) electrons. The van der Waals surface area contributed by atoms with Crippen molar-refractivity contribution in [2.75, 3.05) is 64.7 Å². The highest BCUT2D eigenvalue weighted by molar-refractivity contribution is 6.05. The van der Waals surface area contributed by atoms with Crippen molar-refractivity contribution in [3.63, 3.8) is 0 Å². The third-order valence-corrected chi connectivity index (χ3v) is 10.5. The predicted molar refractivity (Wildman–Crippen MR) is 191 cm³/mol. The summed E-state index contributed by atoms with van der Waals surface area (Å²) in [5.41, 5.74) is 2.43. The number of alkyl halides is 3. The van der Waals surface area contributed by atoms with E-state index >= 15 is 0 Å². The molecule has 0 bridgehead atoms. The second kappa shape index (κ2) is 14.6. The lowest BCUT2D eigenvalue weighted by molar-refractivity contribution is -0.274. The number of carbonyl (C=O) groups is 3. The van der Waals surface area contributed by atoms with Crippen molar-refractivity contribution < 1.29 is 32.3 Å². The molecular formula is C37H43F3N8O4. The fourth-order valence-corrected chi connectivity index (χ4v) is 7.88. The first-order valence-electron chi connectivity index (χ1n) is 17.8. The van der Waals surface area contributed by atoms with Crippen LogP contribution in [0.15, 0.2) is 48.5 Å². The van der Waals surface area contributed by atoms with Crippen LogP contribution in [0.3, 0.4) is 0 Å². The summed E-state index contributed by atoms with van der Waals surface area (Å²) < 4.78 is 45.5. The molecule has 1 aromatic heterocycles. The number of urea groups is 1. The fraction of sp³-hybridized carbons (Fsp3) is 0.459. The number of aromatic nitrogens is 2. The first-order chi connectivity index (χ1) is 25.0. The third-order valence-electron chi connectivity index (χ3n) is 10.5. The van der Waals surface area contributed by atoms with Crippen LogP contribution in [0.1, 0.15) is 38.1 Å². The first-order valence-corrected chi connectivity index (χ1v) is 17.8. The van der Waals surface area contributed by atoms with Crippen LogP contribution in [0, 0.1) is 5.92 Å². The molecule has 12 nitrogen and oxygen atoms in total. The number of piperazine rings is 1. The van der Waals surface area contributed by atoms with Gasteiger partial charge in [-0.2, -0.15) is 0 Å². The smallest absolute Gasteiger partial charge is 0.405 e. The average Bonchev–Trinajstić information content (AvgIpc) is 3.75. The number of nitrogens with zero attached hydrogens (tertiary/aromatic N) is 5. The number of H-pyrrole nitrogens is 1. The molecule has 4 amide bonds. The SMILES string of the molecule is CNCC(=O)N1CC(C)CC1c1nc2c(ccc3cc(-c4ccc(NC(=O)N5CCN(C6CCN(C=O)CC6)CC5)cc4OC(F)(F)F)ccc32)[nH]1. The largest absolute Gasteiger partial charge is 0.573 e. The number of nitrogens with one attached hydrogen (secondary N) is 3. The number of amides is 4. The van der Waals surface area contributed by atoms with Gasteiger partial charge < -0.3 is 35.1 Å². The number of ether oxygens (including phenoxy) is 1. The van der Waals surface area contributed by atoms with E-state index in [0.717, 1.165) is 55.1 Å². The highest BCUT2D eigenvalue weighted by Gasteiger charge is 2.36. The fourth-order valence-electron chi connectivity index (χ4n) is 7.88. The summed E-state index contributed by atoms with van der Waals surface area (Å²) in [5.74, 6) is 0.613. The molecule has 3 saturated heterocycles. The Morgan fingerprint density at radius 2 is 1.79 bits per heavy atom. The van der Waals surface area contributed by atoms with Gasteiger partial charge in [-0.3, -0.25) is 14.5 Å². The Kier molecular flexibility index (Phi) is 9.98. The van der Waals surface area contributed by atoms with Gasteiger partial charge in [0.2, 0.25) is 12.3 Å². The van der Waals surface area contributed by atoms with Crippen LogP contribution in [0.25, 0.3) is 32.9 Å². The van der Waals surface area contributed by atoms with Gasteiger partial charge in [0.05, 0.1) is 23.6 Å². The highest BCUT2D eigenvalue weighted by Crippen LogP contribution is 2.39. The average molecular weight is 721 g/mol. The molecule has 52 heavy (non-hydrogen) atoms. The van der Waals surface area contributed by atoms with Crippen LogP contribution < -0.4 is 15.4 Å². The lowest BCUT2D eigenvalue weighted by Crippen LogP contribution is -2.54. The van der Waals surface area contributed by atoms with Gasteiger partial charge in [-0.05, 0) is 67.4 Å². The Morgan fingerprint density at radius 3 is 2.50 bits per heavy atom. The van der Waals surface area contributed by atoms with E-state index in [-0.39, 0.29) is 29.7 Å². The van der Waals surface area contributed by atoms with Crippen molar-refractivity contribution in [3.05, 3.63) is 54.4 Å². The first kappa shape index (κ1) is 35.5. The van der Waals surface area contributed by atoms with E-state index in [2.05, 4.69) is 32.2 Å². The number of benzene rings is 3. The van der Waals surface area contributed by atoms with E-state index in [4.69, 9.17) is 4.98 Å². The van der Waals surface area contributed by atoms with Crippen molar-refractivity contribution in [3.8, 4) is 16.9 Å². The normalized spacial score (nSPS) is 20.5. The number of aromatic amines is 1. The number of hydrogen-bond donors (Lipinski definition) is 3. The minimum absolute atomic E-state index is 0.0111. The van der Waals surface area contributed by atoms with E-state index < -0.39 is 18.1 Å². The molecule has 3 aromatic carbocycles. The molecule has 0 aliphatic carbocycles. The maximum atomic E-state index is 13.7. The summed E-state index contributed by atoms with van der Waals surface area (Å²) in [5, 5.41) is 7.28. The van der Waals surface area contributed by atoms with Crippen LogP contribution >= 0.6 is 0 Å². The number of likely N-dealkylation sites (N-methyl/N-ethyl adjacent to an activating group) is 1. The van der Waals surface area contributed by atoms with Crippen molar-refractivity contribution in [1.82, 2.24) is 34.9 Å². The van der Waals surface area contributed by atoms with E-state index in [1.807, 2.05) is 23.1 Å². The molecule has 15 heteroatoms. The summed E-state index contributed by atoms with van der Waals surface area (Å²) in [7, 11) is 1.74. The van der Waals surface area contributed by atoms with Crippen LogP contribution in [-0.4, -0.2) is 120 Å². The molecule has 7 rings (SSSR count). The van der Waals surface area contributed by atoms with Crippen molar-refractivity contribution in [2.45, 2.75) is 44.6 Å². The number of rotatable bonds is 8. The molecule has 4 aromatic rings. The number of fused-ring (bicyclic) bond motifs is 3. The van der Waals surface area contributed by atoms with Crippen molar-refractivity contribution in [2.24, 2.45) is 5.92 Å². The number of carbonyl (C=O) groups excluding carboxylic acids is 3. The molecule has 4 heterocycles. The van der Waals surface area contributed by atoms with Gasteiger partial charge in [0, 0.05) is 74.6 Å². The molecule has 0 saturated carbocycles. The summed E-state index contributed by atoms with van der Waals surface area (Å²) in [6.45, 7) is 6.79. The summed E-state index contributed by atoms with van der Waals surface area (Å²) in [4.78, 5) is 53.0. The van der Waals surface area contributed by atoms with E-state index in [9.17, 15) is 27.6 Å². The Balaban J connectivity index is 1.09. The number of anilines is 1. The van der Waals surface area contributed by atoms with Gasteiger partial charge >= 0.3 is 12.4 Å². The molecule has 276 valence electrons. The minimum atomic E-state index is -4.95. The number of likely N-dealkylation sites (tertiary alicyclic amines) is 2. The molecule has 2 unspecified atom stereocenters. The molecule has 3 aliphatic rings. The van der Waals surface area contributed by atoms with E-state index in [1.165, 1.54) is 12.1 Å². The molecule has 3 fully saturated rings. The topological polar surface area (TPSA) is 126 Å². The monoisotopic (exact) mass is 720 g/mol. The van der Waals surface area contributed by atoms with Crippen molar-refractivity contribution in [1.29, 1.82) is 0 Å². The Morgan fingerprint density at radius 1 is 1.02 bits per heavy atom. The van der Waals surface area contributed by atoms with Gasteiger partial charge in [0.25, 0.3) is 0 Å². The minimum Gasteiger partial charge on any atom is -0.405 e. The number of halogens is 3. The van der Waals surface area contributed by atoms with Gasteiger partial charge in [-0.15, -0.1) is 13.2 Å².